The normalized spacial score (nSPS) is 15.5. The summed E-state index contributed by atoms with van der Waals surface area (Å²) in [5.41, 5.74) is 4.70. The van der Waals surface area contributed by atoms with Crippen molar-refractivity contribution in [2.45, 2.75) is 32.2 Å². The van der Waals surface area contributed by atoms with Crippen LogP contribution in [0.3, 0.4) is 0 Å². The van der Waals surface area contributed by atoms with Crippen molar-refractivity contribution in [2.75, 3.05) is 23.3 Å². The second-order valence-corrected chi connectivity index (χ2v) is 7.06. The van der Waals surface area contributed by atoms with Gasteiger partial charge in [-0.1, -0.05) is 24.3 Å². The number of benzene rings is 2. The number of fused-ring (bicyclic) bond motifs is 1. The van der Waals surface area contributed by atoms with Crippen LogP contribution in [0.1, 0.15) is 34.3 Å². The molecule has 26 heavy (non-hydrogen) atoms. The zero-order chi connectivity index (χ0) is 18.1. The van der Waals surface area contributed by atoms with Gasteiger partial charge in [0.05, 0.1) is 6.54 Å². The number of anilines is 2. The Morgan fingerprint density at radius 3 is 2.77 bits per heavy atom. The molecule has 2 aromatic carbocycles. The molecule has 2 amide bonds. The standard InChI is InChI=1S/C21H23N3O2/c1-14-6-7-16(21(26)23-17-8-9-17)12-18(14)22-13-20(25)24-11-10-15-4-2-3-5-19(15)24/h2-7,12,17,22H,8-11,13H2,1H3,(H,23,26). The first-order valence-corrected chi connectivity index (χ1v) is 9.15. The highest BCUT2D eigenvalue weighted by atomic mass is 16.2. The fourth-order valence-corrected chi connectivity index (χ4v) is 3.31. The summed E-state index contributed by atoms with van der Waals surface area (Å²) >= 11 is 0. The number of hydrogen-bond acceptors (Lipinski definition) is 3. The maximum absolute atomic E-state index is 12.6. The van der Waals surface area contributed by atoms with Gasteiger partial charge in [-0.2, -0.15) is 0 Å². The fourth-order valence-electron chi connectivity index (χ4n) is 3.31. The lowest BCUT2D eigenvalue weighted by atomic mass is 10.1. The first-order valence-electron chi connectivity index (χ1n) is 9.15. The minimum absolute atomic E-state index is 0.0437. The van der Waals surface area contributed by atoms with Crippen LogP contribution in [0.5, 0.6) is 0 Å². The smallest absolute Gasteiger partial charge is 0.251 e. The molecule has 1 aliphatic heterocycles. The Kier molecular flexibility index (Phi) is 4.37. The first-order chi connectivity index (χ1) is 12.6. The van der Waals surface area contributed by atoms with Gasteiger partial charge in [-0.3, -0.25) is 9.59 Å². The third kappa shape index (κ3) is 3.43. The van der Waals surface area contributed by atoms with Crippen LogP contribution >= 0.6 is 0 Å². The van der Waals surface area contributed by atoms with Crippen molar-refractivity contribution in [1.82, 2.24) is 5.32 Å². The molecule has 1 aliphatic carbocycles. The van der Waals surface area contributed by atoms with E-state index in [4.69, 9.17) is 0 Å². The van der Waals surface area contributed by atoms with Gasteiger partial charge in [0, 0.05) is 29.5 Å². The van der Waals surface area contributed by atoms with Crippen LogP contribution in [-0.2, 0) is 11.2 Å². The molecule has 0 aromatic heterocycles. The molecule has 0 spiro atoms. The van der Waals surface area contributed by atoms with Gasteiger partial charge in [0.2, 0.25) is 5.91 Å². The van der Waals surface area contributed by atoms with Gasteiger partial charge in [-0.05, 0) is 55.5 Å². The molecule has 4 rings (SSSR count). The predicted molar refractivity (Wildman–Crippen MR) is 103 cm³/mol. The molecule has 2 aromatic rings. The maximum atomic E-state index is 12.6. The Balaban J connectivity index is 1.42. The van der Waals surface area contributed by atoms with Crippen LogP contribution in [-0.4, -0.2) is 30.9 Å². The van der Waals surface area contributed by atoms with E-state index >= 15 is 0 Å². The summed E-state index contributed by atoms with van der Waals surface area (Å²) in [5.74, 6) is -0.00229. The van der Waals surface area contributed by atoms with Gasteiger partial charge in [0.15, 0.2) is 0 Å². The van der Waals surface area contributed by atoms with Gasteiger partial charge in [-0.15, -0.1) is 0 Å². The van der Waals surface area contributed by atoms with Gasteiger partial charge in [0.25, 0.3) is 5.91 Å². The van der Waals surface area contributed by atoms with Crippen molar-refractivity contribution in [3.63, 3.8) is 0 Å². The Bertz CT molecular complexity index is 858. The number of carbonyl (C=O) groups is 2. The number of aryl methyl sites for hydroxylation is 1. The SMILES string of the molecule is Cc1ccc(C(=O)NC2CC2)cc1NCC(=O)N1CCc2ccccc21. The highest BCUT2D eigenvalue weighted by Crippen LogP contribution is 2.27. The number of carbonyl (C=O) groups excluding carboxylic acids is 2. The molecule has 1 heterocycles. The molecule has 5 nitrogen and oxygen atoms in total. The predicted octanol–water partition coefficient (Wildman–Crippen LogP) is 2.89. The monoisotopic (exact) mass is 349 g/mol. The number of nitrogens with one attached hydrogen (secondary N) is 2. The molecule has 0 atom stereocenters. The summed E-state index contributed by atoms with van der Waals surface area (Å²) < 4.78 is 0. The van der Waals surface area contributed by atoms with Gasteiger partial charge in [-0.25, -0.2) is 0 Å². The van der Waals surface area contributed by atoms with Crippen LogP contribution in [0, 0.1) is 6.92 Å². The lowest BCUT2D eigenvalue weighted by molar-refractivity contribution is -0.116. The van der Waals surface area contributed by atoms with Crippen LogP contribution < -0.4 is 15.5 Å². The molecule has 1 saturated carbocycles. The van der Waals surface area contributed by atoms with Crippen molar-refractivity contribution in [3.05, 3.63) is 59.2 Å². The van der Waals surface area contributed by atoms with Crippen molar-refractivity contribution >= 4 is 23.2 Å². The molecular weight excluding hydrogens is 326 g/mol. The summed E-state index contributed by atoms with van der Waals surface area (Å²) in [6.45, 7) is 2.91. The Morgan fingerprint density at radius 2 is 1.96 bits per heavy atom. The Hall–Kier alpha value is -2.82. The van der Waals surface area contributed by atoms with Crippen LogP contribution in [0.4, 0.5) is 11.4 Å². The van der Waals surface area contributed by atoms with Crippen molar-refractivity contribution < 1.29 is 9.59 Å². The highest BCUT2D eigenvalue weighted by Gasteiger charge is 2.25. The van der Waals surface area contributed by atoms with Crippen LogP contribution in [0.2, 0.25) is 0 Å². The first kappa shape index (κ1) is 16.6. The molecule has 0 radical (unpaired) electrons. The summed E-state index contributed by atoms with van der Waals surface area (Å²) in [5, 5.41) is 6.21. The molecule has 0 unspecified atom stereocenters. The molecule has 5 heteroatoms. The summed E-state index contributed by atoms with van der Waals surface area (Å²) in [7, 11) is 0. The average Bonchev–Trinajstić information content (AvgIpc) is 3.35. The lowest BCUT2D eigenvalue weighted by Crippen LogP contribution is -2.34. The molecule has 1 fully saturated rings. The average molecular weight is 349 g/mol. The number of nitrogens with zero attached hydrogens (tertiary/aromatic N) is 1. The van der Waals surface area contributed by atoms with Crippen molar-refractivity contribution in [2.24, 2.45) is 0 Å². The maximum Gasteiger partial charge on any atom is 0.251 e. The Labute approximate surface area is 153 Å². The van der Waals surface area contributed by atoms with Crippen LogP contribution in [0.15, 0.2) is 42.5 Å². The van der Waals surface area contributed by atoms with E-state index in [9.17, 15) is 9.59 Å². The third-order valence-electron chi connectivity index (χ3n) is 5.03. The van der Waals surface area contributed by atoms with Gasteiger partial charge >= 0.3 is 0 Å². The topological polar surface area (TPSA) is 61.4 Å². The third-order valence-corrected chi connectivity index (χ3v) is 5.03. The summed E-state index contributed by atoms with van der Waals surface area (Å²) in [6, 6.07) is 13.9. The molecule has 2 N–H and O–H groups in total. The number of para-hydroxylation sites is 1. The molecule has 2 aliphatic rings. The van der Waals surface area contributed by atoms with Gasteiger partial charge in [0.1, 0.15) is 0 Å². The number of hydrogen-bond donors (Lipinski definition) is 2. The van der Waals surface area contributed by atoms with Crippen molar-refractivity contribution in [3.8, 4) is 0 Å². The fraction of sp³-hybridized carbons (Fsp3) is 0.333. The van der Waals surface area contributed by atoms with E-state index in [1.165, 1.54) is 5.56 Å². The van der Waals surface area contributed by atoms with E-state index in [0.717, 1.165) is 42.7 Å². The second kappa shape index (κ2) is 6.83. The van der Waals surface area contributed by atoms with E-state index in [-0.39, 0.29) is 18.4 Å². The lowest BCUT2D eigenvalue weighted by Gasteiger charge is -2.19. The number of amides is 2. The van der Waals surface area contributed by atoms with E-state index in [0.29, 0.717) is 11.6 Å². The quantitative estimate of drug-likeness (QED) is 0.872. The molecule has 0 bridgehead atoms. The summed E-state index contributed by atoms with van der Waals surface area (Å²) in [6.07, 6.45) is 3.03. The van der Waals surface area contributed by atoms with Gasteiger partial charge < -0.3 is 15.5 Å². The minimum Gasteiger partial charge on any atom is -0.376 e. The Morgan fingerprint density at radius 1 is 1.15 bits per heavy atom. The molecular formula is C21H23N3O2. The highest BCUT2D eigenvalue weighted by molar-refractivity contribution is 5.99. The molecule has 0 saturated heterocycles. The van der Waals surface area contributed by atoms with E-state index < -0.39 is 0 Å². The second-order valence-electron chi connectivity index (χ2n) is 7.06. The zero-order valence-corrected chi connectivity index (χ0v) is 14.9. The van der Waals surface area contributed by atoms with Crippen LogP contribution in [0.25, 0.3) is 0 Å². The van der Waals surface area contributed by atoms with Crippen molar-refractivity contribution in [1.29, 1.82) is 0 Å². The minimum atomic E-state index is -0.0460. The molecule has 134 valence electrons. The van der Waals surface area contributed by atoms with E-state index in [2.05, 4.69) is 16.7 Å². The zero-order valence-electron chi connectivity index (χ0n) is 14.9. The number of rotatable bonds is 5. The van der Waals surface area contributed by atoms with E-state index in [1.807, 2.05) is 48.2 Å². The van der Waals surface area contributed by atoms with E-state index in [1.54, 1.807) is 0 Å². The largest absolute Gasteiger partial charge is 0.376 e. The summed E-state index contributed by atoms with van der Waals surface area (Å²) in [4.78, 5) is 26.7.